The molecule has 0 saturated heterocycles. The molecule has 0 atom stereocenters. The van der Waals surface area contributed by atoms with Gasteiger partial charge in [-0.2, -0.15) is 0 Å². The molecule has 18 heavy (non-hydrogen) atoms. The van der Waals surface area contributed by atoms with Crippen LogP contribution in [0.15, 0.2) is 24.3 Å². The summed E-state index contributed by atoms with van der Waals surface area (Å²) >= 11 is 0. The van der Waals surface area contributed by atoms with Crippen LogP contribution in [0.1, 0.15) is 24.8 Å². The van der Waals surface area contributed by atoms with Gasteiger partial charge in [0, 0.05) is 6.04 Å². The Balaban J connectivity index is 1.66. The van der Waals surface area contributed by atoms with Crippen LogP contribution in [0.25, 0.3) is 0 Å². The Bertz CT molecular complexity index is 413. The lowest BCUT2D eigenvalue weighted by Gasteiger charge is -2.31. The van der Waals surface area contributed by atoms with Gasteiger partial charge in [-0.15, -0.1) is 0 Å². The van der Waals surface area contributed by atoms with Crippen molar-refractivity contribution in [3.63, 3.8) is 0 Å². The fraction of sp³-hybridized carbons (Fsp3) is 0.500. The number of aryl methyl sites for hydroxylation is 1. The number of hydrogen-bond acceptors (Lipinski definition) is 3. The molecule has 2 rings (SSSR count). The second-order valence-corrected chi connectivity index (χ2v) is 4.75. The molecule has 0 spiro atoms. The minimum absolute atomic E-state index is 0.0134. The molecule has 1 aromatic rings. The molecule has 0 radical (unpaired) electrons. The third-order valence-electron chi connectivity index (χ3n) is 3.16. The van der Waals surface area contributed by atoms with E-state index in [1.54, 1.807) is 0 Å². The van der Waals surface area contributed by atoms with E-state index in [4.69, 9.17) is 9.84 Å². The summed E-state index contributed by atoms with van der Waals surface area (Å²) in [5.41, 5.74) is 1.07. The summed E-state index contributed by atoms with van der Waals surface area (Å²) in [7, 11) is 0. The molecule has 1 aliphatic carbocycles. The number of amides is 1. The van der Waals surface area contributed by atoms with Gasteiger partial charge in [-0.05, 0) is 31.4 Å². The predicted molar refractivity (Wildman–Crippen MR) is 68.5 cm³/mol. The number of carbonyl (C=O) groups excluding carboxylic acids is 1. The number of aliphatic hydroxyl groups is 1. The largest absolute Gasteiger partial charge is 0.493 e. The molecule has 1 aliphatic rings. The number of rotatable bonds is 5. The highest BCUT2D eigenvalue weighted by atomic mass is 16.5. The molecule has 0 heterocycles. The summed E-state index contributed by atoms with van der Waals surface area (Å²) in [6.07, 6.45) is 1.45. The Morgan fingerprint density at radius 3 is 2.83 bits per heavy atom. The molecule has 2 N–H and O–H groups in total. The lowest BCUT2D eigenvalue weighted by molar-refractivity contribution is -0.123. The lowest BCUT2D eigenvalue weighted by atomic mass is 9.89. The first kappa shape index (κ1) is 12.9. The molecular weight excluding hydrogens is 230 g/mol. The van der Waals surface area contributed by atoms with Crippen molar-refractivity contribution in [2.45, 2.75) is 38.3 Å². The van der Waals surface area contributed by atoms with Crippen molar-refractivity contribution in [1.29, 1.82) is 0 Å². The van der Waals surface area contributed by atoms with Gasteiger partial charge < -0.3 is 15.2 Å². The summed E-state index contributed by atoms with van der Waals surface area (Å²) < 4.78 is 5.55. The van der Waals surface area contributed by atoms with Crippen LogP contribution >= 0.6 is 0 Å². The molecule has 1 fully saturated rings. The van der Waals surface area contributed by atoms with E-state index in [0.717, 1.165) is 11.3 Å². The first-order valence-corrected chi connectivity index (χ1v) is 6.31. The van der Waals surface area contributed by atoms with Gasteiger partial charge in [0.1, 0.15) is 5.75 Å². The van der Waals surface area contributed by atoms with Gasteiger partial charge in [-0.1, -0.05) is 18.2 Å². The van der Waals surface area contributed by atoms with Crippen LogP contribution < -0.4 is 10.1 Å². The molecule has 98 valence electrons. The van der Waals surface area contributed by atoms with Gasteiger partial charge in [0.05, 0.1) is 19.1 Å². The molecule has 0 aliphatic heterocycles. The van der Waals surface area contributed by atoms with Crippen LogP contribution in [0.2, 0.25) is 0 Å². The minimum atomic E-state index is -0.237. The van der Waals surface area contributed by atoms with Crippen molar-refractivity contribution in [2.75, 3.05) is 6.61 Å². The van der Waals surface area contributed by atoms with Crippen LogP contribution in [0, 0.1) is 6.92 Å². The first-order valence-electron chi connectivity index (χ1n) is 6.31. The Morgan fingerprint density at radius 1 is 1.44 bits per heavy atom. The van der Waals surface area contributed by atoms with E-state index in [1.165, 1.54) is 0 Å². The van der Waals surface area contributed by atoms with Crippen molar-refractivity contribution in [1.82, 2.24) is 5.32 Å². The van der Waals surface area contributed by atoms with Gasteiger partial charge >= 0.3 is 0 Å². The van der Waals surface area contributed by atoms with Crippen molar-refractivity contribution < 1.29 is 14.6 Å². The molecule has 1 saturated carbocycles. The van der Waals surface area contributed by atoms with E-state index in [1.807, 2.05) is 31.2 Å². The summed E-state index contributed by atoms with van der Waals surface area (Å²) in [6, 6.07) is 7.89. The summed E-state index contributed by atoms with van der Waals surface area (Å²) in [6.45, 7) is 2.36. The Morgan fingerprint density at radius 2 is 2.17 bits per heavy atom. The molecule has 4 nitrogen and oxygen atoms in total. The predicted octanol–water partition coefficient (Wildman–Crippen LogP) is 1.40. The summed E-state index contributed by atoms with van der Waals surface area (Å²) in [5, 5.41) is 12.0. The molecule has 0 bridgehead atoms. The van der Waals surface area contributed by atoms with Crippen LogP contribution in [0.3, 0.4) is 0 Å². The van der Waals surface area contributed by atoms with Crippen LogP contribution in [-0.4, -0.2) is 29.8 Å². The summed E-state index contributed by atoms with van der Waals surface area (Å²) in [5.74, 6) is 0.810. The van der Waals surface area contributed by atoms with Crippen molar-refractivity contribution in [2.24, 2.45) is 0 Å². The lowest BCUT2D eigenvalue weighted by Crippen LogP contribution is -2.46. The second-order valence-electron chi connectivity index (χ2n) is 4.75. The Hall–Kier alpha value is -1.55. The highest BCUT2D eigenvalue weighted by Gasteiger charge is 2.28. The fourth-order valence-corrected chi connectivity index (χ4v) is 1.98. The number of ether oxygens (including phenoxy) is 1. The van der Waals surface area contributed by atoms with E-state index in [2.05, 4.69) is 5.32 Å². The fourth-order valence-electron chi connectivity index (χ4n) is 1.98. The Kier molecular flexibility index (Phi) is 4.20. The zero-order valence-electron chi connectivity index (χ0n) is 10.6. The number of carbonyl (C=O) groups is 1. The van der Waals surface area contributed by atoms with E-state index in [9.17, 15) is 4.79 Å². The quantitative estimate of drug-likeness (QED) is 0.829. The average Bonchev–Trinajstić information content (AvgIpc) is 2.30. The number of aliphatic hydroxyl groups excluding tert-OH is 1. The highest BCUT2D eigenvalue weighted by Crippen LogP contribution is 2.19. The van der Waals surface area contributed by atoms with Crippen LogP contribution in [0.5, 0.6) is 5.75 Å². The molecule has 0 unspecified atom stereocenters. The SMILES string of the molecule is Cc1ccccc1OCCC(=O)NC1CC(O)C1. The molecule has 1 aromatic carbocycles. The van der Waals surface area contributed by atoms with Gasteiger partial charge in [0.25, 0.3) is 0 Å². The average molecular weight is 249 g/mol. The van der Waals surface area contributed by atoms with Crippen LogP contribution in [0.4, 0.5) is 0 Å². The Labute approximate surface area is 107 Å². The molecule has 0 aromatic heterocycles. The monoisotopic (exact) mass is 249 g/mol. The molecular formula is C14H19NO3. The van der Waals surface area contributed by atoms with Crippen molar-refractivity contribution in [3.8, 4) is 5.75 Å². The van der Waals surface area contributed by atoms with Gasteiger partial charge in [0.15, 0.2) is 0 Å². The molecule has 1 amide bonds. The smallest absolute Gasteiger partial charge is 0.223 e. The maximum atomic E-state index is 11.6. The van der Waals surface area contributed by atoms with Gasteiger partial charge in [-0.3, -0.25) is 4.79 Å². The van der Waals surface area contributed by atoms with Crippen LogP contribution in [-0.2, 0) is 4.79 Å². The maximum absolute atomic E-state index is 11.6. The van der Waals surface area contributed by atoms with E-state index < -0.39 is 0 Å². The normalized spacial score (nSPS) is 22.1. The minimum Gasteiger partial charge on any atom is -0.493 e. The van der Waals surface area contributed by atoms with E-state index in [-0.39, 0.29) is 18.1 Å². The number of hydrogen-bond donors (Lipinski definition) is 2. The number of nitrogens with one attached hydrogen (secondary N) is 1. The van der Waals surface area contributed by atoms with Gasteiger partial charge in [0.2, 0.25) is 5.91 Å². The van der Waals surface area contributed by atoms with E-state index in [0.29, 0.717) is 25.9 Å². The van der Waals surface area contributed by atoms with E-state index >= 15 is 0 Å². The third-order valence-corrected chi connectivity index (χ3v) is 3.16. The zero-order valence-corrected chi connectivity index (χ0v) is 10.6. The van der Waals surface area contributed by atoms with Crippen molar-refractivity contribution in [3.05, 3.63) is 29.8 Å². The standard InChI is InChI=1S/C14H19NO3/c1-10-4-2-3-5-13(10)18-7-6-14(17)15-11-8-12(16)9-11/h2-5,11-12,16H,6-9H2,1H3,(H,15,17). The highest BCUT2D eigenvalue weighted by molar-refractivity contribution is 5.76. The number of benzene rings is 1. The zero-order chi connectivity index (χ0) is 13.0. The second kappa shape index (κ2) is 5.87. The first-order chi connectivity index (χ1) is 8.65. The number of para-hydroxylation sites is 1. The van der Waals surface area contributed by atoms with Crippen molar-refractivity contribution >= 4 is 5.91 Å². The third kappa shape index (κ3) is 3.47. The van der Waals surface area contributed by atoms with Gasteiger partial charge in [-0.25, -0.2) is 0 Å². The summed E-state index contributed by atoms with van der Waals surface area (Å²) in [4.78, 5) is 11.6. The topological polar surface area (TPSA) is 58.6 Å². The maximum Gasteiger partial charge on any atom is 0.223 e. The molecule has 4 heteroatoms.